The molecule has 1 N–H and O–H groups in total. The fraction of sp³-hybridized carbons (Fsp3) is 0.400. The molecule has 2 heterocycles. The maximum atomic E-state index is 9.16. The second-order valence-electron chi connectivity index (χ2n) is 5.20. The Morgan fingerprint density at radius 3 is 2.85 bits per heavy atom. The highest BCUT2D eigenvalue weighted by molar-refractivity contribution is 9.10. The van der Waals surface area contributed by atoms with Crippen LogP contribution in [0.25, 0.3) is 11.3 Å². The normalized spacial score (nSPS) is 19.6. The van der Waals surface area contributed by atoms with Gasteiger partial charge in [0.05, 0.1) is 12.7 Å². The van der Waals surface area contributed by atoms with Crippen molar-refractivity contribution in [1.82, 2.24) is 9.88 Å². The van der Waals surface area contributed by atoms with Crippen LogP contribution in [0.1, 0.15) is 12.3 Å². The molecule has 1 fully saturated rings. The van der Waals surface area contributed by atoms with E-state index in [9.17, 15) is 0 Å². The fourth-order valence-electron chi connectivity index (χ4n) is 2.53. The molecule has 1 atom stereocenters. The lowest BCUT2D eigenvalue weighted by atomic mass is 10.1. The van der Waals surface area contributed by atoms with Gasteiger partial charge in [0, 0.05) is 23.2 Å². The third-order valence-corrected chi connectivity index (χ3v) is 4.20. The third-order valence-electron chi connectivity index (χ3n) is 3.67. The molecule has 0 bridgehead atoms. The van der Waals surface area contributed by atoms with Crippen LogP contribution in [-0.4, -0.2) is 34.7 Å². The summed E-state index contributed by atoms with van der Waals surface area (Å²) < 4.78 is 6.86. The molecule has 0 aliphatic carbocycles. The molecule has 20 heavy (non-hydrogen) atoms. The van der Waals surface area contributed by atoms with Crippen molar-refractivity contribution in [3.8, 4) is 11.3 Å². The highest BCUT2D eigenvalue weighted by Gasteiger charge is 2.23. The van der Waals surface area contributed by atoms with Crippen molar-refractivity contribution < 1.29 is 9.52 Å². The van der Waals surface area contributed by atoms with E-state index < -0.39 is 0 Å². The first kappa shape index (κ1) is 13.8. The van der Waals surface area contributed by atoms with Gasteiger partial charge in [0.15, 0.2) is 5.76 Å². The topological polar surface area (TPSA) is 49.5 Å². The number of hydrogen-bond acceptors (Lipinski definition) is 4. The molecule has 1 aliphatic heterocycles. The van der Waals surface area contributed by atoms with Crippen molar-refractivity contribution in [3.05, 3.63) is 40.8 Å². The highest BCUT2D eigenvalue weighted by atomic mass is 79.9. The highest BCUT2D eigenvalue weighted by Crippen LogP contribution is 2.24. The van der Waals surface area contributed by atoms with Gasteiger partial charge in [-0.1, -0.05) is 28.1 Å². The van der Waals surface area contributed by atoms with Gasteiger partial charge in [0.2, 0.25) is 5.89 Å². The molecule has 0 saturated carbocycles. The van der Waals surface area contributed by atoms with Crippen molar-refractivity contribution >= 4 is 15.9 Å². The summed E-state index contributed by atoms with van der Waals surface area (Å²) in [5, 5.41) is 9.16. The van der Waals surface area contributed by atoms with Gasteiger partial charge in [-0.2, -0.15) is 0 Å². The third kappa shape index (κ3) is 3.11. The van der Waals surface area contributed by atoms with E-state index in [0.29, 0.717) is 12.5 Å². The average Bonchev–Trinajstić information content (AvgIpc) is 3.09. The number of benzene rings is 1. The molecule has 1 aromatic heterocycles. The number of aliphatic hydroxyl groups excluding tert-OH is 1. The Kier molecular flexibility index (Phi) is 4.19. The van der Waals surface area contributed by atoms with Crippen LogP contribution in [0.15, 0.2) is 39.4 Å². The number of aromatic nitrogens is 1. The monoisotopic (exact) mass is 336 g/mol. The smallest absolute Gasteiger partial charge is 0.209 e. The van der Waals surface area contributed by atoms with E-state index in [-0.39, 0.29) is 6.61 Å². The summed E-state index contributed by atoms with van der Waals surface area (Å²) >= 11 is 3.42. The van der Waals surface area contributed by atoms with E-state index in [1.54, 1.807) is 6.20 Å². The summed E-state index contributed by atoms with van der Waals surface area (Å²) in [7, 11) is 0. The molecule has 0 radical (unpaired) electrons. The summed E-state index contributed by atoms with van der Waals surface area (Å²) in [6.45, 7) is 2.91. The van der Waals surface area contributed by atoms with Crippen molar-refractivity contribution in [2.75, 3.05) is 19.7 Å². The zero-order chi connectivity index (χ0) is 13.9. The SMILES string of the molecule is OCC1CCN(Cc2ncc(-c3ccc(Br)cc3)o2)C1. The van der Waals surface area contributed by atoms with E-state index in [1.807, 2.05) is 24.3 Å². The van der Waals surface area contributed by atoms with Gasteiger partial charge < -0.3 is 9.52 Å². The van der Waals surface area contributed by atoms with Gasteiger partial charge in [0.25, 0.3) is 0 Å². The van der Waals surface area contributed by atoms with E-state index in [2.05, 4.69) is 25.8 Å². The molecule has 1 aromatic carbocycles. The van der Waals surface area contributed by atoms with Gasteiger partial charge >= 0.3 is 0 Å². The number of rotatable bonds is 4. The summed E-state index contributed by atoms with van der Waals surface area (Å²) in [4.78, 5) is 6.62. The minimum absolute atomic E-state index is 0.270. The molecular formula is C15H17BrN2O2. The maximum Gasteiger partial charge on any atom is 0.209 e. The summed E-state index contributed by atoms with van der Waals surface area (Å²) in [5.41, 5.74) is 1.03. The first-order valence-corrected chi connectivity index (χ1v) is 7.58. The van der Waals surface area contributed by atoms with E-state index in [0.717, 1.165) is 41.2 Å². The fourth-order valence-corrected chi connectivity index (χ4v) is 2.79. The van der Waals surface area contributed by atoms with Crippen molar-refractivity contribution in [3.63, 3.8) is 0 Å². The Labute approximate surface area is 126 Å². The number of aliphatic hydroxyl groups is 1. The number of hydrogen-bond donors (Lipinski definition) is 1. The van der Waals surface area contributed by atoms with Crippen molar-refractivity contribution in [2.24, 2.45) is 5.92 Å². The number of nitrogens with zero attached hydrogens (tertiary/aromatic N) is 2. The standard InChI is InChI=1S/C15H17BrN2O2/c16-13-3-1-12(2-4-13)14-7-17-15(20-14)9-18-6-5-11(8-18)10-19/h1-4,7,11,19H,5-6,8-10H2. The molecule has 0 amide bonds. The van der Waals surface area contributed by atoms with Crippen LogP contribution in [0.4, 0.5) is 0 Å². The minimum Gasteiger partial charge on any atom is -0.439 e. The Morgan fingerprint density at radius 1 is 1.35 bits per heavy atom. The van der Waals surface area contributed by atoms with Crippen LogP contribution < -0.4 is 0 Å². The molecule has 0 spiro atoms. The summed E-state index contributed by atoms with van der Waals surface area (Å²) in [6.07, 6.45) is 2.83. The number of halogens is 1. The number of oxazole rings is 1. The Balaban J connectivity index is 1.66. The molecule has 5 heteroatoms. The van der Waals surface area contributed by atoms with Crippen LogP contribution in [0.2, 0.25) is 0 Å². The van der Waals surface area contributed by atoms with E-state index in [1.165, 1.54) is 0 Å². The Hall–Kier alpha value is -1.17. The Morgan fingerprint density at radius 2 is 2.15 bits per heavy atom. The average molecular weight is 337 g/mol. The van der Waals surface area contributed by atoms with Gasteiger partial charge in [-0.05, 0) is 31.0 Å². The molecule has 3 rings (SSSR count). The van der Waals surface area contributed by atoms with Crippen LogP contribution in [0.5, 0.6) is 0 Å². The Bertz CT molecular complexity index is 568. The molecule has 106 valence electrons. The first-order chi connectivity index (χ1) is 9.74. The van der Waals surface area contributed by atoms with E-state index >= 15 is 0 Å². The lowest BCUT2D eigenvalue weighted by Crippen LogP contribution is -2.21. The zero-order valence-electron chi connectivity index (χ0n) is 11.1. The van der Waals surface area contributed by atoms with Gasteiger partial charge in [0.1, 0.15) is 0 Å². The lowest BCUT2D eigenvalue weighted by molar-refractivity contribution is 0.215. The predicted octanol–water partition coefficient (Wildman–Crippen LogP) is 2.92. The van der Waals surface area contributed by atoms with Gasteiger partial charge in [-0.3, -0.25) is 4.90 Å². The van der Waals surface area contributed by atoms with Crippen LogP contribution in [0.3, 0.4) is 0 Å². The molecule has 1 saturated heterocycles. The van der Waals surface area contributed by atoms with Crippen LogP contribution >= 0.6 is 15.9 Å². The first-order valence-electron chi connectivity index (χ1n) is 6.78. The predicted molar refractivity (Wildman–Crippen MR) is 80.1 cm³/mol. The molecule has 1 aliphatic rings. The van der Waals surface area contributed by atoms with Gasteiger partial charge in [-0.25, -0.2) is 4.98 Å². The summed E-state index contributed by atoms with van der Waals surface area (Å²) in [5.74, 6) is 1.93. The molecule has 4 nitrogen and oxygen atoms in total. The zero-order valence-corrected chi connectivity index (χ0v) is 12.7. The molecular weight excluding hydrogens is 320 g/mol. The second kappa shape index (κ2) is 6.08. The number of likely N-dealkylation sites (tertiary alicyclic amines) is 1. The van der Waals surface area contributed by atoms with Crippen molar-refractivity contribution in [2.45, 2.75) is 13.0 Å². The molecule has 2 aromatic rings. The van der Waals surface area contributed by atoms with Gasteiger partial charge in [-0.15, -0.1) is 0 Å². The minimum atomic E-state index is 0.270. The maximum absolute atomic E-state index is 9.16. The van der Waals surface area contributed by atoms with E-state index in [4.69, 9.17) is 9.52 Å². The van der Waals surface area contributed by atoms with Crippen LogP contribution in [0, 0.1) is 5.92 Å². The lowest BCUT2D eigenvalue weighted by Gasteiger charge is -2.12. The largest absolute Gasteiger partial charge is 0.439 e. The van der Waals surface area contributed by atoms with Crippen molar-refractivity contribution in [1.29, 1.82) is 0 Å². The second-order valence-corrected chi connectivity index (χ2v) is 6.11. The molecule has 1 unspecified atom stereocenters. The summed E-state index contributed by atoms with van der Waals surface area (Å²) in [6, 6.07) is 7.99. The quantitative estimate of drug-likeness (QED) is 0.932. The van der Waals surface area contributed by atoms with Crippen LogP contribution in [-0.2, 0) is 6.54 Å².